The summed E-state index contributed by atoms with van der Waals surface area (Å²) < 4.78 is 5.81. The lowest BCUT2D eigenvalue weighted by atomic mass is 9.40. The van der Waals surface area contributed by atoms with E-state index < -0.39 is 0 Å². The molecule has 0 aliphatic heterocycles. The van der Waals surface area contributed by atoms with Crippen LogP contribution in [0.5, 0.6) is 0 Å². The van der Waals surface area contributed by atoms with Gasteiger partial charge in [-0.05, 0) is 84.4 Å². The number of fused-ring (bicyclic) bond motifs is 5. The van der Waals surface area contributed by atoms with E-state index in [-0.39, 0.29) is 22.9 Å². The van der Waals surface area contributed by atoms with E-state index in [9.17, 15) is 4.79 Å². The molecule has 0 aromatic carbocycles. The third-order valence-electron chi connectivity index (χ3n) is 11.1. The van der Waals surface area contributed by atoms with Crippen molar-refractivity contribution in [3.05, 3.63) is 11.6 Å². The fourth-order valence-electron chi connectivity index (χ4n) is 9.56. The monoisotopic (exact) mass is 414 g/mol. The van der Waals surface area contributed by atoms with Gasteiger partial charge in [-0.3, -0.25) is 4.79 Å². The number of ether oxygens (including phenoxy) is 1. The van der Waals surface area contributed by atoms with Crippen molar-refractivity contribution in [2.75, 3.05) is 0 Å². The number of hydrogen-bond donors (Lipinski definition) is 0. The Morgan fingerprint density at radius 1 is 0.933 bits per heavy atom. The van der Waals surface area contributed by atoms with E-state index in [2.05, 4.69) is 61.5 Å². The van der Waals surface area contributed by atoms with Crippen LogP contribution in [0.15, 0.2) is 11.6 Å². The molecule has 0 N–H and O–H groups in total. The summed E-state index contributed by atoms with van der Waals surface area (Å²) in [6, 6.07) is 0. The van der Waals surface area contributed by atoms with E-state index in [1.807, 2.05) is 0 Å². The van der Waals surface area contributed by atoms with Crippen molar-refractivity contribution in [2.45, 2.75) is 113 Å². The third kappa shape index (κ3) is 2.83. The molecule has 4 aliphatic rings. The van der Waals surface area contributed by atoms with Crippen molar-refractivity contribution in [2.24, 2.45) is 44.8 Å². The van der Waals surface area contributed by atoms with Crippen LogP contribution in [-0.2, 0) is 9.53 Å². The van der Waals surface area contributed by atoms with E-state index in [0.717, 1.165) is 30.6 Å². The molecule has 0 spiro atoms. The molecule has 170 valence electrons. The molecule has 0 amide bonds. The molecular formula is C28H46O2. The van der Waals surface area contributed by atoms with Crippen molar-refractivity contribution >= 4 is 5.97 Å². The zero-order valence-electron chi connectivity index (χ0n) is 21.2. The van der Waals surface area contributed by atoms with Gasteiger partial charge in [0.2, 0.25) is 0 Å². The average Bonchev–Trinajstić information content (AvgIpc) is 2.89. The minimum absolute atomic E-state index is 0.0204. The second-order valence-electron chi connectivity index (χ2n) is 13.7. The van der Waals surface area contributed by atoms with Crippen LogP contribution in [0, 0.1) is 44.8 Å². The van der Waals surface area contributed by atoms with Crippen molar-refractivity contribution in [3.63, 3.8) is 0 Å². The Morgan fingerprint density at radius 2 is 1.57 bits per heavy atom. The highest BCUT2D eigenvalue weighted by atomic mass is 16.5. The number of hydrogen-bond acceptors (Lipinski definition) is 2. The summed E-state index contributed by atoms with van der Waals surface area (Å²) in [6.45, 7) is 21.5. The first kappa shape index (κ1) is 22.4. The Labute approximate surface area is 185 Å². The standard InChI is InChI=1S/C28H46O2/c1-18(29)30-23-14-15-26(7)19-12-16-28(9)21(24(2,3)4)13-17-27(28,8)20(19)10-11-22(26)25(23,5)6/h11,19-21,23H,10,12-17H2,1-9H3. The van der Waals surface area contributed by atoms with Gasteiger partial charge in [0.25, 0.3) is 0 Å². The molecule has 0 bridgehead atoms. The minimum atomic E-state index is -0.133. The van der Waals surface area contributed by atoms with Crippen LogP contribution in [0.2, 0.25) is 0 Å². The Morgan fingerprint density at radius 3 is 2.17 bits per heavy atom. The van der Waals surface area contributed by atoms with E-state index in [0.29, 0.717) is 16.2 Å². The smallest absolute Gasteiger partial charge is 0.302 e. The van der Waals surface area contributed by atoms with Gasteiger partial charge in [0, 0.05) is 12.3 Å². The Kier molecular flexibility index (Phi) is 4.94. The van der Waals surface area contributed by atoms with E-state index in [1.54, 1.807) is 12.5 Å². The quantitative estimate of drug-likeness (QED) is 0.327. The summed E-state index contributed by atoms with van der Waals surface area (Å²) in [5, 5.41) is 0. The minimum Gasteiger partial charge on any atom is -0.462 e. The first-order chi connectivity index (χ1) is 13.7. The van der Waals surface area contributed by atoms with Gasteiger partial charge in [-0.25, -0.2) is 0 Å². The van der Waals surface area contributed by atoms with Crippen LogP contribution in [0.25, 0.3) is 0 Å². The van der Waals surface area contributed by atoms with Crippen LogP contribution < -0.4 is 0 Å². The number of carbonyl (C=O) groups is 1. The third-order valence-corrected chi connectivity index (χ3v) is 11.1. The number of rotatable bonds is 1. The molecular weight excluding hydrogens is 368 g/mol. The zero-order valence-corrected chi connectivity index (χ0v) is 21.2. The summed E-state index contributed by atoms with van der Waals surface area (Å²) in [5.74, 6) is 2.25. The van der Waals surface area contributed by atoms with Gasteiger partial charge in [0.05, 0.1) is 0 Å². The highest BCUT2D eigenvalue weighted by Gasteiger charge is 2.66. The molecule has 0 saturated heterocycles. The number of carbonyl (C=O) groups excluding carboxylic acids is 1. The van der Waals surface area contributed by atoms with Gasteiger partial charge in [0.1, 0.15) is 6.10 Å². The van der Waals surface area contributed by atoms with Crippen LogP contribution in [-0.4, -0.2) is 12.1 Å². The first-order valence-electron chi connectivity index (χ1n) is 12.6. The lowest BCUT2D eigenvalue weighted by Crippen LogP contribution is -2.58. The molecule has 2 nitrogen and oxygen atoms in total. The Bertz CT molecular complexity index is 755. The molecule has 4 aliphatic carbocycles. The van der Waals surface area contributed by atoms with Gasteiger partial charge in [-0.1, -0.05) is 67.0 Å². The number of esters is 1. The van der Waals surface area contributed by atoms with Gasteiger partial charge in [0.15, 0.2) is 0 Å². The summed E-state index contributed by atoms with van der Waals surface area (Å²) in [4.78, 5) is 11.7. The molecule has 0 aromatic rings. The summed E-state index contributed by atoms with van der Waals surface area (Å²) in [5.41, 5.74) is 3.07. The van der Waals surface area contributed by atoms with E-state index >= 15 is 0 Å². The van der Waals surface area contributed by atoms with Crippen molar-refractivity contribution < 1.29 is 9.53 Å². The molecule has 0 heterocycles. The topological polar surface area (TPSA) is 26.3 Å². The second-order valence-corrected chi connectivity index (χ2v) is 13.7. The lowest BCUT2D eigenvalue weighted by Gasteiger charge is -2.65. The Balaban J connectivity index is 1.71. The van der Waals surface area contributed by atoms with Gasteiger partial charge in [-0.15, -0.1) is 0 Å². The molecule has 0 radical (unpaired) electrons. The molecule has 2 heteroatoms. The Hall–Kier alpha value is -0.790. The highest BCUT2D eigenvalue weighted by Crippen LogP contribution is 2.74. The molecule has 3 fully saturated rings. The maximum Gasteiger partial charge on any atom is 0.302 e. The van der Waals surface area contributed by atoms with Crippen LogP contribution >= 0.6 is 0 Å². The summed E-state index contributed by atoms with van der Waals surface area (Å²) in [7, 11) is 0. The fourth-order valence-corrected chi connectivity index (χ4v) is 9.56. The van der Waals surface area contributed by atoms with E-state index in [1.165, 1.54) is 32.1 Å². The van der Waals surface area contributed by atoms with Crippen molar-refractivity contribution in [1.29, 1.82) is 0 Å². The zero-order chi connectivity index (χ0) is 22.3. The van der Waals surface area contributed by atoms with Crippen LogP contribution in [0.1, 0.15) is 107 Å². The van der Waals surface area contributed by atoms with Gasteiger partial charge < -0.3 is 4.74 Å². The maximum absolute atomic E-state index is 11.7. The largest absolute Gasteiger partial charge is 0.462 e. The normalized spacial score (nSPS) is 47.6. The first-order valence-corrected chi connectivity index (χ1v) is 12.6. The molecule has 0 aromatic heterocycles. The lowest BCUT2D eigenvalue weighted by molar-refractivity contribution is -0.160. The van der Waals surface area contributed by atoms with Crippen LogP contribution in [0.4, 0.5) is 0 Å². The molecule has 30 heavy (non-hydrogen) atoms. The average molecular weight is 415 g/mol. The van der Waals surface area contributed by atoms with Gasteiger partial charge >= 0.3 is 5.97 Å². The molecule has 7 unspecified atom stereocenters. The predicted octanol–water partition coefficient (Wildman–Crippen LogP) is 7.57. The molecule has 7 atom stereocenters. The van der Waals surface area contributed by atoms with Crippen molar-refractivity contribution in [3.8, 4) is 0 Å². The van der Waals surface area contributed by atoms with E-state index in [4.69, 9.17) is 4.74 Å². The second kappa shape index (κ2) is 6.61. The fraction of sp³-hybridized carbons (Fsp3) is 0.893. The summed E-state index contributed by atoms with van der Waals surface area (Å²) in [6.07, 6.45) is 11.5. The molecule has 4 rings (SSSR count). The number of allylic oxidation sites excluding steroid dienone is 1. The highest BCUT2D eigenvalue weighted by molar-refractivity contribution is 5.66. The SMILES string of the molecule is CC(=O)OC1CCC2(C)C(=CCC3C2CCC2(C)C(C(C)(C)C)CCC32C)C1(C)C. The maximum atomic E-state index is 11.7. The molecule has 3 saturated carbocycles. The van der Waals surface area contributed by atoms with Crippen molar-refractivity contribution in [1.82, 2.24) is 0 Å². The summed E-state index contributed by atoms with van der Waals surface area (Å²) >= 11 is 0. The predicted molar refractivity (Wildman–Crippen MR) is 124 cm³/mol. The van der Waals surface area contributed by atoms with Crippen LogP contribution in [0.3, 0.4) is 0 Å². The van der Waals surface area contributed by atoms with Gasteiger partial charge in [-0.2, -0.15) is 0 Å².